The Morgan fingerprint density at radius 2 is 2.06 bits per heavy atom. The Morgan fingerprint density at radius 1 is 1.28 bits per heavy atom. The number of aromatic nitrogens is 1. The van der Waals surface area contributed by atoms with E-state index in [0.29, 0.717) is 17.0 Å². The van der Waals surface area contributed by atoms with Crippen LogP contribution in [-0.2, 0) is 0 Å². The van der Waals surface area contributed by atoms with Crippen molar-refractivity contribution >= 4 is 11.6 Å². The number of carbonyl (C=O) groups is 1. The van der Waals surface area contributed by atoms with Crippen LogP contribution in [0.25, 0.3) is 0 Å². The molecule has 1 amide bonds. The Hall–Kier alpha value is -2.43. The molecule has 0 atom stereocenters. The van der Waals surface area contributed by atoms with Crippen LogP contribution in [0, 0.1) is 5.82 Å². The summed E-state index contributed by atoms with van der Waals surface area (Å²) in [5.74, 6) is -0.733. The van der Waals surface area contributed by atoms with Crippen molar-refractivity contribution in [3.63, 3.8) is 0 Å². The second-order valence-corrected chi connectivity index (χ2v) is 3.70. The zero-order valence-corrected chi connectivity index (χ0v) is 9.77. The molecule has 0 unspecified atom stereocenters. The lowest BCUT2D eigenvalue weighted by atomic mass is 10.1. The van der Waals surface area contributed by atoms with E-state index in [0.717, 1.165) is 0 Å². The number of benzene rings is 1. The van der Waals surface area contributed by atoms with E-state index in [4.69, 9.17) is 0 Å². The van der Waals surface area contributed by atoms with Crippen molar-refractivity contribution < 1.29 is 9.18 Å². The maximum Gasteiger partial charge on any atom is 0.287 e. The fourth-order valence-corrected chi connectivity index (χ4v) is 1.48. The van der Waals surface area contributed by atoms with Crippen LogP contribution in [0.15, 0.2) is 47.7 Å². The summed E-state index contributed by atoms with van der Waals surface area (Å²) in [5.41, 5.74) is 3.54. The molecule has 4 nitrogen and oxygen atoms in total. The van der Waals surface area contributed by atoms with Crippen molar-refractivity contribution in [1.82, 2.24) is 10.4 Å². The summed E-state index contributed by atoms with van der Waals surface area (Å²) in [6.07, 6.45) is 1.64. The van der Waals surface area contributed by atoms with Crippen molar-refractivity contribution in [2.24, 2.45) is 5.10 Å². The van der Waals surface area contributed by atoms with Gasteiger partial charge in [-0.2, -0.15) is 5.10 Å². The first-order valence-electron chi connectivity index (χ1n) is 5.41. The molecule has 1 heterocycles. The number of carbonyl (C=O) groups excluding carboxylic acids is 1. The minimum absolute atomic E-state index is 0.365. The van der Waals surface area contributed by atoms with E-state index in [-0.39, 0.29) is 11.7 Å². The van der Waals surface area contributed by atoms with Crippen LogP contribution in [0.4, 0.5) is 4.39 Å². The normalized spacial score (nSPS) is 11.3. The molecule has 92 valence electrons. The molecule has 0 aliphatic heterocycles. The lowest BCUT2D eigenvalue weighted by molar-refractivity contribution is 0.0950. The zero-order valence-electron chi connectivity index (χ0n) is 9.77. The molecule has 0 fully saturated rings. The molecule has 2 rings (SSSR count). The molecule has 5 heteroatoms. The summed E-state index contributed by atoms with van der Waals surface area (Å²) in [4.78, 5) is 14.3. The van der Waals surface area contributed by atoms with E-state index in [9.17, 15) is 9.18 Å². The van der Waals surface area contributed by atoms with Gasteiger partial charge in [0.25, 0.3) is 5.91 Å². The molecule has 18 heavy (non-hydrogen) atoms. The summed E-state index contributed by atoms with van der Waals surface area (Å²) in [6.45, 7) is 1.63. The highest BCUT2D eigenvalue weighted by Crippen LogP contribution is 2.07. The Kier molecular flexibility index (Phi) is 3.52. The summed E-state index contributed by atoms with van der Waals surface area (Å²) in [7, 11) is 0. The lowest BCUT2D eigenvalue weighted by Crippen LogP contribution is -2.19. The number of nitrogens with zero attached hydrogens (tertiary/aromatic N) is 1. The number of halogens is 1. The van der Waals surface area contributed by atoms with Gasteiger partial charge in [0, 0.05) is 11.8 Å². The van der Waals surface area contributed by atoms with Gasteiger partial charge in [0.05, 0.1) is 5.71 Å². The average molecular weight is 245 g/mol. The van der Waals surface area contributed by atoms with Crippen LogP contribution in [0.1, 0.15) is 23.0 Å². The molecule has 0 saturated carbocycles. The van der Waals surface area contributed by atoms with Crippen molar-refractivity contribution in [1.29, 1.82) is 0 Å². The standard InChI is InChI=1S/C13H12FN3O/c1-9(10-5-2-3-6-11(10)14)16-17-13(18)12-7-4-8-15-12/h2-8,15H,1H3,(H,17,18)/b16-9-. The molecule has 2 aromatic rings. The number of hydrogen-bond donors (Lipinski definition) is 2. The second-order valence-electron chi connectivity index (χ2n) is 3.70. The van der Waals surface area contributed by atoms with Gasteiger partial charge < -0.3 is 4.98 Å². The molecule has 0 radical (unpaired) electrons. The minimum Gasteiger partial charge on any atom is -0.357 e. The summed E-state index contributed by atoms with van der Waals surface area (Å²) in [6, 6.07) is 9.61. The Morgan fingerprint density at radius 3 is 2.72 bits per heavy atom. The third-order valence-corrected chi connectivity index (χ3v) is 2.43. The molecule has 0 saturated heterocycles. The second kappa shape index (κ2) is 5.27. The highest BCUT2D eigenvalue weighted by molar-refractivity contribution is 6.00. The third kappa shape index (κ3) is 2.63. The van der Waals surface area contributed by atoms with E-state index in [1.807, 2.05) is 0 Å². The van der Waals surface area contributed by atoms with Gasteiger partial charge in [-0.1, -0.05) is 18.2 Å². The number of hydrogen-bond acceptors (Lipinski definition) is 2. The number of rotatable bonds is 3. The molecule has 0 bridgehead atoms. The third-order valence-electron chi connectivity index (χ3n) is 2.43. The van der Waals surface area contributed by atoms with Gasteiger partial charge in [0.15, 0.2) is 0 Å². The predicted octanol–water partition coefficient (Wildman–Crippen LogP) is 2.31. The van der Waals surface area contributed by atoms with Crippen molar-refractivity contribution in [3.8, 4) is 0 Å². The van der Waals surface area contributed by atoms with E-state index in [2.05, 4.69) is 15.5 Å². The molecular weight excluding hydrogens is 233 g/mol. The first-order chi connectivity index (χ1) is 8.68. The first-order valence-corrected chi connectivity index (χ1v) is 5.41. The molecule has 1 aromatic carbocycles. The number of aromatic amines is 1. The fraction of sp³-hybridized carbons (Fsp3) is 0.0769. The first kappa shape index (κ1) is 12.0. The van der Waals surface area contributed by atoms with E-state index < -0.39 is 0 Å². The Bertz CT molecular complexity index is 576. The highest BCUT2D eigenvalue weighted by Gasteiger charge is 2.07. The van der Waals surface area contributed by atoms with Crippen LogP contribution < -0.4 is 5.43 Å². The van der Waals surface area contributed by atoms with Crippen LogP contribution in [-0.4, -0.2) is 16.6 Å². The lowest BCUT2D eigenvalue weighted by Gasteiger charge is -2.03. The SMILES string of the molecule is C/C(=N/NC(=O)c1ccc[nH]1)c1ccccc1F. The van der Waals surface area contributed by atoms with Gasteiger partial charge in [-0.05, 0) is 25.1 Å². The monoisotopic (exact) mass is 245 g/mol. The predicted molar refractivity (Wildman–Crippen MR) is 66.9 cm³/mol. The van der Waals surface area contributed by atoms with Gasteiger partial charge >= 0.3 is 0 Å². The summed E-state index contributed by atoms with van der Waals surface area (Å²) >= 11 is 0. The van der Waals surface area contributed by atoms with E-state index >= 15 is 0 Å². The number of amides is 1. The average Bonchev–Trinajstić information content (AvgIpc) is 2.90. The molecule has 1 aromatic heterocycles. The summed E-state index contributed by atoms with van der Waals surface area (Å²) < 4.78 is 13.4. The molecule has 0 aliphatic rings. The van der Waals surface area contributed by atoms with Gasteiger partial charge in [-0.3, -0.25) is 4.79 Å². The Labute approximate surface area is 104 Å². The van der Waals surface area contributed by atoms with Crippen molar-refractivity contribution in [3.05, 3.63) is 59.7 Å². The zero-order chi connectivity index (χ0) is 13.0. The van der Waals surface area contributed by atoms with E-state index in [1.54, 1.807) is 43.5 Å². The van der Waals surface area contributed by atoms with Crippen LogP contribution in [0.5, 0.6) is 0 Å². The quantitative estimate of drug-likeness (QED) is 0.632. The van der Waals surface area contributed by atoms with Crippen LogP contribution in [0.2, 0.25) is 0 Å². The van der Waals surface area contributed by atoms with Crippen LogP contribution in [0.3, 0.4) is 0 Å². The minimum atomic E-state index is -0.368. The molecule has 0 aliphatic carbocycles. The highest BCUT2D eigenvalue weighted by atomic mass is 19.1. The summed E-state index contributed by atoms with van der Waals surface area (Å²) in [5, 5.41) is 3.87. The van der Waals surface area contributed by atoms with Crippen molar-refractivity contribution in [2.75, 3.05) is 0 Å². The van der Waals surface area contributed by atoms with E-state index in [1.165, 1.54) is 6.07 Å². The molecule has 2 N–H and O–H groups in total. The maximum absolute atomic E-state index is 13.4. The van der Waals surface area contributed by atoms with Gasteiger partial charge in [0.2, 0.25) is 0 Å². The van der Waals surface area contributed by atoms with Crippen LogP contribution >= 0.6 is 0 Å². The number of nitrogens with one attached hydrogen (secondary N) is 2. The smallest absolute Gasteiger partial charge is 0.287 e. The molecule has 0 spiro atoms. The van der Waals surface area contributed by atoms with Gasteiger partial charge in [0.1, 0.15) is 11.5 Å². The Balaban J connectivity index is 2.11. The van der Waals surface area contributed by atoms with Gasteiger partial charge in [-0.25, -0.2) is 9.82 Å². The molecular formula is C13H12FN3O. The van der Waals surface area contributed by atoms with Crippen molar-refractivity contribution in [2.45, 2.75) is 6.92 Å². The number of H-pyrrole nitrogens is 1. The van der Waals surface area contributed by atoms with Gasteiger partial charge in [-0.15, -0.1) is 0 Å². The maximum atomic E-state index is 13.4. The fourth-order valence-electron chi connectivity index (χ4n) is 1.48. The topological polar surface area (TPSA) is 57.2 Å². The largest absolute Gasteiger partial charge is 0.357 e. The number of hydrazone groups is 1.